The summed E-state index contributed by atoms with van der Waals surface area (Å²) in [4.78, 5) is 0. The summed E-state index contributed by atoms with van der Waals surface area (Å²) >= 11 is 0. The normalized spacial score (nSPS) is 30.3. The fraction of sp³-hybridized carbons (Fsp3) is 0.938. The van der Waals surface area contributed by atoms with Crippen LogP contribution in [0, 0.1) is 22.2 Å². The maximum absolute atomic E-state index is 5.62. The lowest BCUT2D eigenvalue weighted by Crippen LogP contribution is -2.67. The Kier molecular flexibility index (Phi) is 3.43. The molecular formula is C16H27O3. The maximum Gasteiger partial charge on any atom is 0.0550 e. The van der Waals surface area contributed by atoms with Crippen LogP contribution in [0.25, 0.3) is 0 Å². The topological polar surface area (TPSA) is 27.7 Å². The van der Waals surface area contributed by atoms with Crippen LogP contribution < -0.4 is 0 Å². The predicted molar refractivity (Wildman–Crippen MR) is 73.9 cm³/mol. The third-order valence-electron chi connectivity index (χ3n) is 5.89. The van der Waals surface area contributed by atoms with Crippen molar-refractivity contribution in [3.05, 3.63) is 5.92 Å². The molecule has 0 spiro atoms. The molecule has 0 aromatic heterocycles. The van der Waals surface area contributed by atoms with E-state index in [9.17, 15) is 0 Å². The Morgan fingerprint density at radius 2 is 0.895 bits per heavy atom. The lowest BCUT2D eigenvalue weighted by Gasteiger charge is -2.65. The molecule has 0 saturated carbocycles. The van der Waals surface area contributed by atoms with Crippen LogP contribution in [-0.2, 0) is 14.2 Å². The number of hydrogen-bond acceptors (Lipinski definition) is 3. The Balaban J connectivity index is 1.95. The van der Waals surface area contributed by atoms with E-state index in [4.69, 9.17) is 14.2 Å². The SMILES string of the molecule is CCC1([C](C2(CC)COC2)C2(CC)COC2)COC1. The molecule has 0 aromatic rings. The first kappa shape index (κ1) is 13.8. The monoisotopic (exact) mass is 267 g/mol. The van der Waals surface area contributed by atoms with Crippen molar-refractivity contribution in [1.29, 1.82) is 0 Å². The molecular weight excluding hydrogens is 240 g/mol. The van der Waals surface area contributed by atoms with Gasteiger partial charge >= 0.3 is 0 Å². The smallest absolute Gasteiger partial charge is 0.0550 e. The van der Waals surface area contributed by atoms with Gasteiger partial charge in [0.1, 0.15) is 0 Å². The van der Waals surface area contributed by atoms with Gasteiger partial charge in [-0.25, -0.2) is 0 Å². The molecule has 0 atom stereocenters. The molecule has 3 saturated heterocycles. The van der Waals surface area contributed by atoms with E-state index in [1.807, 2.05) is 0 Å². The minimum Gasteiger partial charge on any atom is -0.380 e. The average molecular weight is 267 g/mol. The lowest BCUT2D eigenvalue weighted by atomic mass is 9.47. The van der Waals surface area contributed by atoms with Crippen molar-refractivity contribution in [1.82, 2.24) is 0 Å². The Hall–Kier alpha value is -0.120. The molecule has 3 fully saturated rings. The van der Waals surface area contributed by atoms with Crippen molar-refractivity contribution >= 4 is 0 Å². The summed E-state index contributed by atoms with van der Waals surface area (Å²) in [5, 5.41) is 0. The standard InChI is InChI=1S/C16H27O3/c1-4-14(7-17-8-14)13(15(5-2)9-18-10-15)16(6-3)11-19-12-16/h4-12H2,1-3H3. The zero-order valence-electron chi connectivity index (χ0n) is 12.6. The fourth-order valence-corrected chi connectivity index (χ4v) is 4.31. The van der Waals surface area contributed by atoms with Crippen molar-refractivity contribution in [2.45, 2.75) is 40.0 Å². The van der Waals surface area contributed by atoms with Gasteiger partial charge in [0.25, 0.3) is 0 Å². The van der Waals surface area contributed by atoms with Gasteiger partial charge in [0.2, 0.25) is 0 Å². The van der Waals surface area contributed by atoms with Gasteiger partial charge in [-0.05, 0) is 19.3 Å². The number of hydrogen-bond donors (Lipinski definition) is 0. The van der Waals surface area contributed by atoms with E-state index in [-0.39, 0.29) is 0 Å². The molecule has 3 heterocycles. The molecule has 0 aliphatic carbocycles. The molecule has 19 heavy (non-hydrogen) atoms. The second-order valence-corrected chi connectivity index (χ2v) is 6.76. The molecule has 0 N–H and O–H groups in total. The van der Waals surface area contributed by atoms with Gasteiger partial charge < -0.3 is 14.2 Å². The molecule has 3 aliphatic rings. The zero-order valence-corrected chi connectivity index (χ0v) is 12.6. The van der Waals surface area contributed by atoms with Crippen molar-refractivity contribution < 1.29 is 14.2 Å². The Morgan fingerprint density at radius 3 is 1.00 bits per heavy atom. The summed E-state index contributed by atoms with van der Waals surface area (Å²) in [5.74, 6) is 1.74. The van der Waals surface area contributed by atoms with Crippen molar-refractivity contribution in [3.8, 4) is 0 Å². The van der Waals surface area contributed by atoms with E-state index in [1.165, 1.54) is 19.3 Å². The van der Waals surface area contributed by atoms with E-state index in [1.54, 1.807) is 5.92 Å². The second-order valence-electron chi connectivity index (χ2n) is 6.76. The molecule has 0 amide bonds. The highest BCUT2D eigenvalue weighted by atomic mass is 16.5. The first-order valence-corrected chi connectivity index (χ1v) is 7.79. The van der Waals surface area contributed by atoms with E-state index in [2.05, 4.69) is 20.8 Å². The summed E-state index contributed by atoms with van der Waals surface area (Å²) in [5.41, 5.74) is 0.874. The van der Waals surface area contributed by atoms with E-state index < -0.39 is 0 Å². The van der Waals surface area contributed by atoms with E-state index >= 15 is 0 Å². The van der Waals surface area contributed by atoms with Gasteiger partial charge in [-0.1, -0.05) is 20.8 Å². The largest absolute Gasteiger partial charge is 0.380 e. The fourth-order valence-electron chi connectivity index (χ4n) is 4.31. The van der Waals surface area contributed by atoms with Crippen LogP contribution in [0.4, 0.5) is 0 Å². The van der Waals surface area contributed by atoms with Gasteiger partial charge in [0.05, 0.1) is 39.6 Å². The van der Waals surface area contributed by atoms with Gasteiger partial charge in [0, 0.05) is 22.2 Å². The van der Waals surface area contributed by atoms with E-state index in [0.717, 1.165) is 39.6 Å². The quantitative estimate of drug-likeness (QED) is 0.740. The summed E-state index contributed by atoms with van der Waals surface area (Å²) in [6.45, 7) is 12.4. The third-order valence-corrected chi connectivity index (χ3v) is 5.89. The molecule has 3 aliphatic heterocycles. The van der Waals surface area contributed by atoms with Crippen LogP contribution in [0.1, 0.15) is 40.0 Å². The molecule has 3 rings (SSSR count). The van der Waals surface area contributed by atoms with Crippen molar-refractivity contribution in [2.75, 3.05) is 39.6 Å². The van der Waals surface area contributed by atoms with Gasteiger partial charge in [0.15, 0.2) is 0 Å². The van der Waals surface area contributed by atoms with Crippen LogP contribution >= 0.6 is 0 Å². The third kappa shape index (κ3) is 1.74. The van der Waals surface area contributed by atoms with E-state index in [0.29, 0.717) is 16.2 Å². The Bertz CT molecular complexity index is 258. The summed E-state index contributed by atoms with van der Waals surface area (Å²) in [7, 11) is 0. The summed E-state index contributed by atoms with van der Waals surface area (Å²) < 4.78 is 16.9. The lowest BCUT2D eigenvalue weighted by molar-refractivity contribution is -0.226. The maximum atomic E-state index is 5.62. The number of rotatable bonds is 6. The molecule has 109 valence electrons. The Morgan fingerprint density at radius 1 is 0.632 bits per heavy atom. The van der Waals surface area contributed by atoms with Crippen LogP contribution in [-0.4, -0.2) is 39.6 Å². The molecule has 0 aromatic carbocycles. The molecule has 3 heteroatoms. The van der Waals surface area contributed by atoms with Crippen molar-refractivity contribution in [2.24, 2.45) is 16.2 Å². The molecule has 0 unspecified atom stereocenters. The van der Waals surface area contributed by atoms with Crippen LogP contribution in [0.2, 0.25) is 0 Å². The molecule has 0 bridgehead atoms. The van der Waals surface area contributed by atoms with Crippen LogP contribution in [0.15, 0.2) is 0 Å². The summed E-state index contributed by atoms with van der Waals surface area (Å²) in [6, 6.07) is 0. The minimum absolute atomic E-state index is 0.291. The van der Waals surface area contributed by atoms with Gasteiger partial charge in [-0.3, -0.25) is 0 Å². The van der Waals surface area contributed by atoms with Crippen LogP contribution in [0.3, 0.4) is 0 Å². The molecule has 1 radical (unpaired) electrons. The van der Waals surface area contributed by atoms with Gasteiger partial charge in [-0.2, -0.15) is 0 Å². The second kappa shape index (κ2) is 4.71. The summed E-state index contributed by atoms with van der Waals surface area (Å²) in [6.07, 6.45) is 3.56. The zero-order chi connectivity index (χ0) is 13.6. The highest BCUT2D eigenvalue weighted by molar-refractivity contribution is 5.30. The highest BCUT2D eigenvalue weighted by Gasteiger charge is 2.65. The first-order valence-electron chi connectivity index (χ1n) is 7.79. The minimum atomic E-state index is 0.291. The average Bonchev–Trinajstić information content (AvgIpc) is 2.26. The van der Waals surface area contributed by atoms with Crippen LogP contribution in [0.5, 0.6) is 0 Å². The van der Waals surface area contributed by atoms with Gasteiger partial charge in [-0.15, -0.1) is 0 Å². The Labute approximate surface area is 117 Å². The van der Waals surface area contributed by atoms with Crippen molar-refractivity contribution in [3.63, 3.8) is 0 Å². The number of ether oxygens (including phenoxy) is 3. The molecule has 3 nitrogen and oxygen atoms in total. The first-order chi connectivity index (χ1) is 9.17. The highest BCUT2D eigenvalue weighted by Crippen LogP contribution is 2.63. The predicted octanol–water partition coefficient (Wildman–Crippen LogP) is 2.84.